The van der Waals surface area contributed by atoms with Gasteiger partial charge in [-0.15, -0.1) is 11.8 Å². The minimum atomic E-state index is 0.157. The molecular formula is C12H18N2S. The summed E-state index contributed by atoms with van der Waals surface area (Å²) in [4.78, 5) is 1.15. The standard InChI is InChI=1S/C12H18N2S/c1-4-9(3)15-11-8(2)6-5-7-10(11)12(13)14/h5-7,9H,4H2,1-3H3,(H3,13,14). The van der Waals surface area contributed by atoms with Crippen LogP contribution in [0.25, 0.3) is 0 Å². The molecule has 0 radical (unpaired) electrons. The van der Waals surface area contributed by atoms with E-state index in [1.165, 1.54) is 5.56 Å². The second-order valence-corrected chi connectivity index (χ2v) is 5.15. The van der Waals surface area contributed by atoms with E-state index >= 15 is 0 Å². The molecule has 1 unspecified atom stereocenters. The molecule has 0 aliphatic rings. The van der Waals surface area contributed by atoms with Crippen LogP contribution in [-0.4, -0.2) is 11.1 Å². The summed E-state index contributed by atoms with van der Waals surface area (Å²) in [6, 6.07) is 5.93. The summed E-state index contributed by atoms with van der Waals surface area (Å²) in [5, 5.41) is 8.10. The smallest absolute Gasteiger partial charge is 0.123 e. The Bertz CT molecular complexity index is 361. The zero-order chi connectivity index (χ0) is 11.4. The number of nitrogen functional groups attached to an aromatic ring is 1. The quantitative estimate of drug-likeness (QED) is 0.467. The second kappa shape index (κ2) is 5.21. The van der Waals surface area contributed by atoms with Gasteiger partial charge in [0.15, 0.2) is 0 Å². The zero-order valence-electron chi connectivity index (χ0n) is 9.50. The maximum absolute atomic E-state index is 7.54. The van der Waals surface area contributed by atoms with Gasteiger partial charge < -0.3 is 5.73 Å². The molecule has 0 saturated carbocycles. The largest absolute Gasteiger partial charge is 0.384 e. The first kappa shape index (κ1) is 12.1. The van der Waals surface area contributed by atoms with Gasteiger partial charge in [-0.3, -0.25) is 5.41 Å². The number of aryl methyl sites for hydroxylation is 1. The molecule has 1 aromatic carbocycles. The molecule has 0 aliphatic carbocycles. The summed E-state index contributed by atoms with van der Waals surface area (Å²) in [5.74, 6) is 0.157. The van der Waals surface area contributed by atoms with Crippen LogP contribution in [0, 0.1) is 12.3 Å². The summed E-state index contributed by atoms with van der Waals surface area (Å²) < 4.78 is 0. The highest BCUT2D eigenvalue weighted by Gasteiger charge is 2.11. The van der Waals surface area contributed by atoms with Gasteiger partial charge in [0.25, 0.3) is 0 Å². The molecule has 15 heavy (non-hydrogen) atoms. The molecule has 1 aromatic rings. The fraction of sp³-hybridized carbons (Fsp3) is 0.417. The molecule has 0 bridgehead atoms. The maximum Gasteiger partial charge on any atom is 0.123 e. The Hall–Kier alpha value is -0.960. The molecule has 1 atom stereocenters. The molecule has 0 saturated heterocycles. The van der Waals surface area contributed by atoms with E-state index in [1.54, 1.807) is 11.8 Å². The fourth-order valence-corrected chi connectivity index (χ4v) is 2.43. The number of hydrogen-bond acceptors (Lipinski definition) is 2. The number of thioether (sulfide) groups is 1. The summed E-state index contributed by atoms with van der Waals surface area (Å²) in [5.41, 5.74) is 7.63. The first-order chi connectivity index (χ1) is 7.06. The molecule has 0 aromatic heterocycles. The fourth-order valence-electron chi connectivity index (χ4n) is 1.31. The van der Waals surface area contributed by atoms with Gasteiger partial charge in [-0.25, -0.2) is 0 Å². The minimum absolute atomic E-state index is 0.157. The topological polar surface area (TPSA) is 49.9 Å². The van der Waals surface area contributed by atoms with Crippen molar-refractivity contribution in [3.63, 3.8) is 0 Å². The summed E-state index contributed by atoms with van der Waals surface area (Å²) in [6.45, 7) is 6.43. The van der Waals surface area contributed by atoms with Crippen molar-refractivity contribution in [2.24, 2.45) is 5.73 Å². The Morgan fingerprint density at radius 2 is 2.20 bits per heavy atom. The highest BCUT2D eigenvalue weighted by molar-refractivity contribution is 8.00. The van der Waals surface area contributed by atoms with Gasteiger partial charge in [-0.05, 0) is 18.9 Å². The summed E-state index contributed by atoms with van der Waals surface area (Å²) >= 11 is 1.80. The number of nitrogens with two attached hydrogens (primary N) is 1. The normalized spacial score (nSPS) is 12.5. The van der Waals surface area contributed by atoms with Crippen molar-refractivity contribution in [3.05, 3.63) is 29.3 Å². The predicted octanol–water partition coefficient (Wildman–Crippen LogP) is 3.17. The van der Waals surface area contributed by atoms with E-state index in [1.807, 2.05) is 12.1 Å². The highest BCUT2D eigenvalue weighted by atomic mass is 32.2. The van der Waals surface area contributed by atoms with Crippen LogP contribution in [-0.2, 0) is 0 Å². The summed E-state index contributed by atoms with van der Waals surface area (Å²) in [7, 11) is 0. The van der Waals surface area contributed by atoms with Crippen LogP contribution < -0.4 is 5.73 Å². The average molecular weight is 222 g/mol. The van der Waals surface area contributed by atoms with Gasteiger partial charge >= 0.3 is 0 Å². The van der Waals surface area contributed by atoms with Crippen molar-refractivity contribution in [2.45, 2.75) is 37.3 Å². The monoisotopic (exact) mass is 222 g/mol. The Morgan fingerprint density at radius 1 is 1.53 bits per heavy atom. The van der Waals surface area contributed by atoms with Crippen LogP contribution in [0.5, 0.6) is 0 Å². The molecule has 0 fully saturated rings. The molecular weight excluding hydrogens is 204 g/mol. The third-order valence-electron chi connectivity index (χ3n) is 2.40. The average Bonchev–Trinajstić information content (AvgIpc) is 2.20. The van der Waals surface area contributed by atoms with Crippen LogP contribution >= 0.6 is 11.8 Å². The lowest BCUT2D eigenvalue weighted by molar-refractivity contribution is 0.904. The van der Waals surface area contributed by atoms with E-state index in [-0.39, 0.29) is 5.84 Å². The van der Waals surface area contributed by atoms with Crippen LogP contribution in [0.2, 0.25) is 0 Å². The van der Waals surface area contributed by atoms with E-state index in [0.29, 0.717) is 5.25 Å². The van der Waals surface area contributed by atoms with Crippen molar-refractivity contribution in [2.75, 3.05) is 0 Å². The van der Waals surface area contributed by atoms with Gasteiger partial charge in [0.1, 0.15) is 5.84 Å². The third-order valence-corrected chi connectivity index (χ3v) is 3.91. The van der Waals surface area contributed by atoms with Crippen LogP contribution in [0.3, 0.4) is 0 Å². The molecule has 0 heterocycles. The zero-order valence-corrected chi connectivity index (χ0v) is 10.3. The minimum Gasteiger partial charge on any atom is -0.384 e. The van der Waals surface area contributed by atoms with E-state index in [0.717, 1.165) is 16.9 Å². The van der Waals surface area contributed by atoms with E-state index < -0.39 is 0 Å². The number of nitrogens with one attached hydrogen (secondary N) is 1. The molecule has 3 N–H and O–H groups in total. The predicted molar refractivity (Wildman–Crippen MR) is 67.8 cm³/mol. The van der Waals surface area contributed by atoms with Gasteiger partial charge in [-0.2, -0.15) is 0 Å². The van der Waals surface area contributed by atoms with E-state index in [2.05, 4.69) is 26.8 Å². The number of amidine groups is 1. The van der Waals surface area contributed by atoms with E-state index in [4.69, 9.17) is 11.1 Å². The highest BCUT2D eigenvalue weighted by Crippen LogP contribution is 2.31. The lowest BCUT2D eigenvalue weighted by Gasteiger charge is -2.14. The van der Waals surface area contributed by atoms with Crippen molar-refractivity contribution in [1.29, 1.82) is 5.41 Å². The molecule has 0 aliphatic heterocycles. The first-order valence-corrected chi connectivity index (χ1v) is 6.04. The molecule has 82 valence electrons. The molecule has 1 rings (SSSR count). The SMILES string of the molecule is CCC(C)Sc1c(C)cccc1C(=N)N. The summed E-state index contributed by atoms with van der Waals surface area (Å²) in [6.07, 6.45) is 1.12. The van der Waals surface area contributed by atoms with Gasteiger partial charge in [0.2, 0.25) is 0 Å². The third kappa shape index (κ3) is 2.99. The van der Waals surface area contributed by atoms with E-state index in [9.17, 15) is 0 Å². The lowest BCUT2D eigenvalue weighted by Crippen LogP contribution is -2.13. The number of rotatable bonds is 4. The van der Waals surface area contributed by atoms with Gasteiger partial charge in [-0.1, -0.05) is 32.0 Å². The molecule has 2 nitrogen and oxygen atoms in total. The van der Waals surface area contributed by atoms with Crippen LogP contribution in [0.15, 0.2) is 23.1 Å². The van der Waals surface area contributed by atoms with Crippen molar-refractivity contribution in [3.8, 4) is 0 Å². The lowest BCUT2D eigenvalue weighted by atomic mass is 10.1. The molecule has 0 amide bonds. The Balaban J connectivity index is 3.07. The Kier molecular flexibility index (Phi) is 4.21. The van der Waals surface area contributed by atoms with Crippen molar-refractivity contribution in [1.82, 2.24) is 0 Å². The maximum atomic E-state index is 7.54. The van der Waals surface area contributed by atoms with Gasteiger partial charge in [0, 0.05) is 15.7 Å². The number of benzene rings is 1. The van der Waals surface area contributed by atoms with Crippen molar-refractivity contribution < 1.29 is 0 Å². The molecule has 3 heteroatoms. The van der Waals surface area contributed by atoms with Gasteiger partial charge in [0.05, 0.1) is 0 Å². The second-order valence-electron chi connectivity index (χ2n) is 3.70. The van der Waals surface area contributed by atoms with Crippen LogP contribution in [0.1, 0.15) is 31.4 Å². The Labute approximate surface area is 95.8 Å². The van der Waals surface area contributed by atoms with Crippen LogP contribution in [0.4, 0.5) is 0 Å². The number of hydrogen-bond donors (Lipinski definition) is 2. The Morgan fingerprint density at radius 3 is 2.73 bits per heavy atom. The molecule has 0 spiro atoms. The first-order valence-electron chi connectivity index (χ1n) is 5.17. The van der Waals surface area contributed by atoms with Crippen molar-refractivity contribution >= 4 is 17.6 Å².